The molecule has 1 saturated heterocycles. The lowest BCUT2D eigenvalue weighted by Gasteiger charge is -2.17. The van der Waals surface area contributed by atoms with Crippen LogP contribution < -0.4 is 5.32 Å². The van der Waals surface area contributed by atoms with Crippen LogP contribution in [0.5, 0.6) is 0 Å². The number of sulfonamides is 1. The molecule has 2 heterocycles. The first-order valence-corrected chi connectivity index (χ1v) is 10.4. The Bertz CT molecular complexity index is 967. The molecular weight excluding hydrogens is 421 g/mol. The maximum absolute atomic E-state index is 12.8. The molecule has 0 saturated carbocycles. The van der Waals surface area contributed by atoms with Crippen LogP contribution in [-0.2, 0) is 17.1 Å². The van der Waals surface area contributed by atoms with E-state index in [-0.39, 0.29) is 25.8 Å². The zero-order chi connectivity index (χ0) is 19.1. The molecule has 2 aromatic rings. The van der Waals surface area contributed by atoms with E-state index in [9.17, 15) is 13.2 Å². The van der Waals surface area contributed by atoms with Crippen molar-refractivity contribution in [2.75, 3.05) is 18.4 Å². The van der Waals surface area contributed by atoms with E-state index in [4.69, 9.17) is 34.8 Å². The number of nitrogens with zero attached hydrogens (tertiary/aromatic N) is 2. The van der Waals surface area contributed by atoms with Gasteiger partial charge in [-0.1, -0.05) is 34.8 Å². The fourth-order valence-electron chi connectivity index (χ4n) is 2.80. The van der Waals surface area contributed by atoms with E-state index in [1.807, 2.05) is 0 Å². The highest BCUT2D eigenvalue weighted by Gasteiger charge is 2.29. The monoisotopic (exact) mass is 435 g/mol. The molecule has 26 heavy (non-hydrogen) atoms. The van der Waals surface area contributed by atoms with E-state index in [1.165, 1.54) is 33.1 Å². The second-order valence-corrected chi connectivity index (χ2v) is 9.02. The van der Waals surface area contributed by atoms with Gasteiger partial charge in [0.2, 0.25) is 10.0 Å². The van der Waals surface area contributed by atoms with Gasteiger partial charge in [0.15, 0.2) is 0 Å². The van der Waals surface area contributed by atoms with Crippen molar-refractivity contribution >= 4 is 56.4 Å². The Balaban J connectivity index is 1.90. The molecule has 0 atom stereocenters. The Morgan fingerprint density at radius 2 is 1.73 bits per heavy atom. The van der Waals surface area contributed by atoms with Gasteiger partial charge in [-0.3, -0.25) is 4.79 Å². The fourth-order valence-corrected chi connectivity index (χ4v) is 5.19. The Kier molecular flexibility index (Phi) is 5.55. The number of carbonyl (C=O) groups excluding carboxylic acids is 1. The number of hydrogen-bond acceptors (Lipinski definition) is 3. The van der Waals surface area contributed by atoms with E-state index in [0.717, 1.165) is 12.8 Å². The van der Waals surface area contributed by atoms with Gasteiger partial charge in [0, 0.05) is 25.8 Å². The van der Waals surface area contributed by atoms with E-state index in [0.29, 0.717) is 18.8 Å². The van der Waals surface area contributed by atoms with Crippen LogP contribution in [0.2, 0.25) is 15.2 Å². The van der Waals surface area contributed by atoms with Gasteiger partial charge in [0.05, 0.1) is 10.0 Å². The minimum absolute atomic E-state index is 0.0261. The summed E-state index contributed by atoms with van der Waals surface area (Å²) >= 11 is 18.0. The molecule has 1 aromatic carbocycles. The lowest BCUT2D eigenvalue weighted by atomic mass is 10.3. The van der Waals surface area contributed by atoms with Crippen LogP contribution in [0.1, 0.15) is 23.3 Å². The van der Waals surface area contributed by atoms with E-state index >= 15 is 0 Å². The molecule has 0 bridgehead atoms. The lowest BCUT2D eigenvalue weighted by molar-refractivity contribution is 0.101. The van der Waals surface area contributed by atoms with Crippen molar-refractivity contribution in [2.24, 2.45) is 7.05 Å². The first kappa shape index (κ1) is 19.5. The number of aromatic nitrogens is 1. The minimum atomic E-state index is -3.70. The third-order valence-electron chi connectivity index (χ3n) is 4.22. The quantitative estimate of drug-likeness (QED) is 0.787. The molecule has 3 rings (SSSR count). The van der Waals surface area contributed by atoms with Crippen molar-refractivity contribution in [1.82, 2.24) is 8.87 Å². The SMILES string of the molecule is Cn1c(C(=O)Nc2ccc(Cl)c(S(=O)(=O)N3CCCC3)c2)cc(Cl)c1Cl. The lowest BCUT2D eigenvalue weighted by Crippen LogP contribution is -2.28. The third-order valence-corrected chi connectivity index (χ3v) is 7.44. The summed E-state index contributed by atoms with van der Waals surface area (Å²) in [6.45, 7) is 0.936. The van der Waals surface area contributed by atoms with Crippen molar-refractivity contribution in [3.63, 3.8) is 0 Å². The van der Waals surface area contributed by atoms with E-state index in [2.05, 4.69) is 5.32 Å². The third kappa shape index (κ3) is 3.59. The van der Waals surface area contributed by atoms with Crippen LogP contribution in [0.15, 0.2) is 29.2 Å². The number of hydrogen-bond donors (Lipinski definition) is 1. The van der Waals surface area contributed by atoms with Crippen molar-refractivity contribution in [3.8, 4) is 0 Å². The summed E-state index contributed by atoms with van der Waals surface area (Å²) in [6, 6.07) is 5.79. The van der Waals surface area contributed by atoms with Crippen LogP contribution in [0, 0.1) is 0 Å². The van der Waals surface area contributed by atoms with Crippen LogP contribution >= 0.6 is 34.8 Å². The highest BCUT2D eigenvalue weighted by molar-refractivity contribution is 7.89. The fraction of sp³-hybridized carbons (Fsp3) is 0.312. The molecule has 140 valence electrons. The first-order chi connectivity index (χ1) is 12.2. The largest absolute Gasteiger partial charge is 0.329 e. The summed E-state index contributed by atoms with van der Waals surface area (Å²) in [5, 5.41) is 3.26. The van der Waals surface area contributed by atoms with Gasteiger partial charge >= 0.3 is 0 Å². The molecule has 0 unspecified atom stereocenters. The zero-order valence-electron chi connectivity index (χ0n) is 13.8. The Morgan fingerprint density at radius 1 is 1.08 bits per heavy atom. The standard InChI is InChI=1S/C16H16Cl3N3O3S/c1-21-13(9-12(18)15(21)19)16(23)20-10-4-5-11(17)14(8-10)26(24,25)22-6-2-3-7-22/h4-5,8-9H,2-3,6-7H2,1H3,(H,20,23). The summed E-state index contributed by atoms with van der Waals surface area (Å²) in [6.07, 6.45) is 1.64. The molecule has 1 aromatic heterocycles. The van der Waals surface area contributed by atoms with Gasteiger partial charge in [-0.05, 0) is 37.1 Å². The number of amides is 1. The molecule has 10 heteroatoms. The first-order valence-electron chi connectivity index (χ1n) is 7.83. The highest BCUT2D eigenvalue weighted by Crippen LogP contribution is 2.30. The summed E-state index contributed by atoms with van der Waals surface area (Å²) in [4.78, 5) is 12.4. The number of carbonyl (C=O) groups is 1. The van der Waals surface area contributed by atoms with Crippen LogP contribution in [0.4, 0.5) is 5.69 Å². The molecule has 1 fully saturated rings. The second-order valence-electron chi connectivity index (χ2n) is 5.94. The molecule has 1 amide bonds. The van der Waals surface area contributed by atoms with Gasteiger partial charge in [-0.25, -0.2) is 8.42 Å². The van der Waals surface area contributed by atoms with Gasteiger partial charge in [-0.2, -0.15) is 4.31 Å². The second kappa shape index (κ2) is 7.40. The number of benzene rings is 1. The van der Waals surface area contributed by atoms with Gasteiger partial charge in [0.1, 0.15) is 15.7 Å². The van der Waals surface area contributed by atoms with Crippen molar-refractivity contribution in [2.45, 2.75) is 17.7 Å². The number of nitrogens with one attached hydrogen (secondary N) is 1. The van der Waals surface area contributed by atoms with Crippen LogP contribution in [0.25, 0.3) is 0 Å². The molecular formula is C16H16Cl3N3O3S. The predicted octanol–water partition coefficient (Wildman–Crippen LogP) is 4.02. The van der Waals surface area contributed by atoms with Crippen molar-refractivity contribution in [3.05, 3.63) is 45.2 Å². The summed E-state index contributed by atoms with van der Waals surface area (Å²) in [5.41, 5.74) is 0.560. The van der Waals surface area contributed by atoms with Gasteiger partial charge in [0.25, 0.3) is 5.91 Å². The zero-order valence-corrected chi connectivity index (χ0v) is 16.9. The normalized spacial score (nSPS) is 15.4. The summed E-state index contributed by atoms with van der Waals surface area (Å²) in [5.74, 6) is -0.465. The van der Waals surface area contributed by atoms with Crippen LogP contribution in [-0.4, -0.2) is 36.3 Å². The average Bonchev–Trinajstić information content (AvgIpc) is 3.22. The maximum atomic E-state index is 12.8. The molecule has 1 aliphatic rings. The Labute approximate surface area is 166 Å². The molecule has 0 spiro atoms. The average molecular weight is 437 g/mol. The number of halogens is 3. The maximum Gasteiger partial charge on any atom is 0.272 e. The summed E-state index contributed by atoms with van der Waals surface area (Å²) in [7, 11) is -2.10. The molecule has 1 aliphatic heterocycles. The summed E-state index contributed by atoms with van der Waals surface area (Å²) < 4.78 is 28.4. The minimum Gasteiger partial charge on any atom is -0.329 e. The molecule has 0 radical (unpaired) electrons. The Hall–Kier alpha value is -1.25. The molecule has 6 nitrogen and oxygen atoms in total. The highest BCUT2D eigenvalue weighted by atomic mass is 35.5. The number of rotatable bonds is 4. The number of anilines is 1. The van der Waals surface area contributed by atoms with Gasteiger partial charge < -0.3 is 9.88 Å². The Morgan fingerprint density at radius 3 is 2.31 bits per heavy atom. The van der Waals surface area contributed by atoms with E-state index in [1.54, 1.807) is 7.05 Å². The van der Waals surface area contributed by atoms with Gasteiger partial charge in [-0.15, -0.1) is 0 Å². The van der Waals surface area contributed by atoms with E-state index < -0.39 is 15.9 Å². The van der Waals surface area contributed by atoms with Crippen molar-refractivity contribution in [1.29, 1.82) is 0 Å². The van der Waals surface area contributed by atoms with Crippen LogP contribution in [0.3, 0.4) is 0 Å². The van der Waals surface area contributed by atoms with Crippen molar-refractivity contribution < 1.29 is 13.2 Å². The molecule has 0 aliphatic carbocycles. The topological polar surface area (TPSA) is 71.4 Å². The smallest absolute Gasteiger partial charge is 0.272 e. The predicted molar refractivity (Wildman–Crippen MR) is 103 cm³/mol. The molecule has 1 N–H and O–H groups in total.